The molecule has 2 N–H and O–H groups in total. The normalized spacial score (nSPS) is 19.8. The third kappa shape index (κ3) is 3.25. The molecule has 1 aliphatic carbocycles. The summed E-state index contributed by atoms with van der Waals surface area (Å²) in [6.45, 7) is 5.47. The number of fused-ring (bicyclic) bond motifs is 1. The van der Waals surface area contributed by atoms with Crippen LogP contribution in [-0.2, 0) is 0 Å². The van der Waals surface area contributed by atoms with Crippen molar-refractivity contribution in [3.63, 3.8) is 0 Å². The molecule has 0 radical (unpaired) electrons. The predicted octanol–water partition coefficient (Wildman–Crippen LogP) is 2.27. The van der Waals surface area contributed by atoms with E-state index in [1.54, 1.807) is 0 Å². The molecule has 1 aromatic carbocycles. The van der Waals surface area contributed by atoms with Gasteiger partial charge in [0.2, 0.25) is 0 Å². The van der Waals surface area contributed by atoms with Crippen LogP contribution in [0.4, 0.5) is 0 Å². The molecule has 1 heterocycles. The molecule has 0 bridgehead atoms. The first-order chi connectivity index (χ1) is 9.53. The van der Waals surface area contributed by atoms with Gasteiger partial charge in [0, 0.05) is 12.6 Å². The van der Waals surface area contributed by atoms with Gasteiger partial charge in [0.25, 0.3) is 0 Å². The van der Waals surface area contributed by atoms with Crippen LogP contribution in [0.15, 0.2) is 18.2 Å². The van der Waals surface area contributed by atoms with E-state index in [1.165, 1.54) is 18.4 Å². The SMILES string of the molecule is CC(C)(O)CNC(c1ccc2c(c1)OCCO2)C1CC1. The number of hydrogen-bond acceptors (Lipinski definition) is 4. The Labute approximate surface area is 120 Å². The van der Waals surface area contributed by atoms with Gasteiger partial charge in [-0.2, -0.15) is 0 Å². The molecule has 1 unspecified atom stereocenters. The minimum Gasteiger partial charge on any atom is -0.486 e. The fourth-order valence-corrected chi connectivity index (χ4v) is 2.60. The van der Waals surface area contributed by atoms with Crippen LogP contribution in [0.1, 0.15) is 38.3 Å². The van der Waals surface area contributed by atoms with Crippen LogP contribution in [0.25, 0.3) is 0 Å². The molecule has 3 rings (SSSR count). The first-order valence-electron chi connectivity index (χ1n) is 7.38. The number of hydrogen-bond donors (Lipinski definition) is 2. The average Bonchev–Trinajstić information content (AvgIpc) is 3.22. The van der Waals surface area contributed by atoms with Crippen LogP contribution in [-0.4, -0.2) is 30.5 Å². The molecule has 110 valence electrons. The van der Waals surface area contributed by atoms with Crippen LogP contribution in [0.3, 0.4) is 0 Å². The summed E-state index contributed by atoms with van der Waals surface area (Å²) in [5.74, 6) is 2.33. The molecular formula is C16H23NO3. The third-order valence-corrected chi connectivity index (χ3v) is 3.77. The Morgan fingerprint density at radius 3 is 2.60 bits per heavy atom. The molecule has 0 spiro atoms. The lowest BCUT2D eigenvalue weighted by Crippen LogP contribution is -2.37. The summed E-state index contributed by atoms with van der Waals surface area (Å²) in [6.07, 6.45) is 2.50. The van der Waals surface area contributed by atoms with Crippen LogP contribution >= 0.6 is 0 Å². The van der Waals surface area contributed by atoms with Crippen molar-refractivity contribution in [2.45, 2.75) is 38.3 Å². The first kappa shape index (κ1) is 13.7. The van der Waals surface area contributed by atoms with Gasteiger partial charge in [-0.05, 0) is 50.3 Å². The zero-order chi connectivity index (χ0) is 14.2. The van der Waals surface area contributed by atoms with Gasteiger partial charge in [-0.1, -0.05) is 6.07 Å². The summed E-state index contributed by atoms with van der Waals surface area (Å²) < 4.78 is 11.2. The Hall–Kier alpha value is -1.26. The molecule has 1 saturated carbocycles. The number of ether oxygens (including phenoxy) is 2. The van der Waals surface area contributed by atoms with Crippen molar-refractivity contribution in [1.82, 2.24) is 5.32 Å². The van der Waals surface area contributed by atoms with Crippen LogP contribution in [0, 0.1) is 5.92 Å². The maximum atomic E-state index is 9.90. The summed E-state index contributed by atoms with van der Waals surface area (Å²) in [5, 5.41) is 13.4. The Balaban J connectivity index is 1.77. The summed E-state index contributed by atoms with van der Waals surface area (Å²) in [6, 6.07) is 6.46. The quantitative estimate of drug-likeness (QED) is 0.867. The van der Waals surface area contributed by atoms with Crippen LogP contribution in [0.2, 0.25) is 0 Å². The van der Waals surface area contributed by atoms with Gasteiger partial charge >= 0.3 is 0 Å². The second-order valence-electron chi connectivity index (χ2n) is 6.41. The highest BCUT2D eigenvalue weighted by molar-refractivity contribution is 5.45. The molecule has 1 aliphatic heterocycles. The molecule has 2 aliphatic rings. The van der Waals surface area contributed by atoms with Crippen molar-refractivity contribution >= 4 is 0 Å². The van der Waals surface area contributed by atoms with Crippen LogP contribution < -0.4 is 14.8 Å². The van der Waals surface area contributed by atoms with Crippen LogP contribution in [0.5, 0.6) is 11.5 Å². The van der Waals surface area contributed by atoms with Crippen molar-refractivity contribution < 1.29 is 14.6 Å². The Morgan fingerprint density at radius 1 is 1.25 bits per heavy atom. The van der Waals surface area contributed by atoms with E-state index < -0.39 is 5.60 Å². The van der Waals surface area contributed by atoms with E-state index in [-0.39, 0.29) is 6.04 Å². The highest BCUT2D eigenvalue weighted by atomic mass is 16.6. The molecule has 4 heteroatoms. The van der Waals surface area contributed by atoms with E-state index in [9.17, 15) is 5.11 Å². The van der Waals surface area contributed by atoms with Gasteiger partial charge < -0.3 is 19.9 Å². The Bertz CT molecular complexity index is 477. The highest BCUT2D eigenvalue weighted by Crippen LogP contribution is 2.43. The summed E-state index contributed by atoms with van der Waals surface area (Å²) in [5.41, 5.74) is 0.530. The zero-order valence-corrected chi connectivity index (χ0v) is 12.2. The highest BCUT2D eigenvalue weighted by Gasteiger charge is 2.33. The number of benzene rings is 1. The molecule has 20 heavy (non-hydrogen) atoms. The van der Waals surface area contributed by atoms with E-state index in [1.807, 2.05) is 19.9 Å². The number of rotatable bonds is 5. The zero-order valence-electron chi connectivity index (χ0n) is 12.2. The van der Waals surface area contributed by atoms with Gasteiger partial charge in [-0.15, -0.1) is 0 Å². The molecule has 4 nitrogen and oxygen atoms in total. The molecule has 0 amide bonds. The molecule has 1 fully saturated rings. The van der Waals surface area contributed by atoms with Gasteiger partial charge in [-0.3, -0.25) is 0 Å². The standard InChI is InChI=1S/C16H23NO3/c1-16(2,18)10-17-15(11-3-4-11)12-5-6-13-14(9-12)20-8-7-19-13/h5-6,9,11,15,17-18H,3-4,7-8,10H2,1-2H3. The predicted molar refractivity (Wildman–Crippen MR) is 77.2 cm³/mol. The van der Waals surface area contributed by atoms with E-state index in [0.717, 1.165) is 11.5 Å². The lowest BCUT2D eigenvalue weighted by Gasteiger charge is -2.26. The van der Waals surface area contributed by atoms with Crippen molar-refractivity contribution in [2.24, 2.45) is 5.92 Å². The minimum atomic E-state index is -0.693. The summed E-state index contributed by atoms with van der Waals surface area (Å²) in [4.78, 5) is 0. The van der Waals surface area contributed by atoms with Gasteiger partial charge in [-0.25, -0.2) is 0 Å². The fourth-order valence-electron chi connectivity index (χ4n) is 2.60. The topological polar surface area (TPSA) is 50.7 Å². The molecule has 0 saturated heterocycles. The number of aliphatic hydroxyl groups is 1. The average molecular weight is 277 g/mol. The van der Waals surface area contributed by atoms with E-state index >= 15 is 0 Å². The largest absolute Gasteiger partial charge is 0.486 e. The van der Waals surface area contributed by atoms with Gasteiger partial charge in [0.1, 0.15) is 13.2 Å². The molecule has 0 aromatic heterocycles. The van der Waals surface area contributed by atoms with Gasteiger partial charge in [0.05, 0.1) is 5.60 Å². The van der Waals surface area contributed by atoms with Gasteiger partial charge in [0.15, 0.2) is 11.5 Å². The van der Waals surface area contributed by atoms with Crippen molar-refractivity contribution in [3.8, 4) is 11.5 Å². The molecule has 1 aromatic rings. The van der Waals surface area contributed by atoms with E-state index in [0.29, 0.717) is 25.7 Å². The van der Waals surface area contributed by atoms with Crippen molar-refractivity contribution in [1.29, 1.82) is 0 Å². The number of nitrogens with one attached hydrogen (secondary N) is 1. The smallest absolute Gasteiger partial charge is 0.161 e. The van der Waals surface area contributed by atoms with Crippen molar-refractivity contribution in [3.05, 3.63) is 23.8 Å². The maximum absolute atomic E-state index is 9.90. The fraction of sp³-hybridized carbons (Fsp3) is 0.625. The Kier molecular flexibility index (Phi) is 3.61. The lowest BCUT2D eigenvalue weighted by molar-refractivity contribution is 0.0754. The summed E-state index contributed by atoms with van der Waals surface area (Å²) in [7, 11) is 0. The van der Waals surface area contributed by atoms with E-state index in [2.05, 4.69) is 17.4 Å². The van der Waals surface area contributed by atoms with Crippen molar-refractivity contribution in [2.75, 3.05) is 19.8 Å². The van der Waals surface area contributed by atoms with E-state index in [4.69, 9.17) is 9.47 Å². The minimum absolute atomic E-state index is 0.289. The second kappa shape index (κ2) is 5.26. The molecular weight excluding hydrogens is 254 g/mol. The second-order valence-corrected chi connectivity index (χ2v) is 6.41. The first-order valence-corrected chi connectivity index (χ1v) is 7.38. The Morgan fingerprint density at radius 2 is 1.95 bits per heavy atom. The lowest BCUT2D eigenvalue weighted by atomic mass is 10.00. The monoisotopic (exact) mass is 277 g/mol. The third-order valence-electron chi connectivity index (χ3n) is 3.77. The molecule has 1 atom stereocenters. The maximum Gasteiger partial charge on any atom is 0.161 e. The summed E-state index contributed by atoms with van der Waals surface area (Å²) >= 11 is 0.